The third kappa shape index (κ3) is 4.65. The third-order valence-corrected chi connectivity index (χ3v) is 4.66. The van der Waals surface area contributed by atoms with Crippen LogP contribution >= 0.6 is 0 Å². The molecule has 2 rings (SSSR count). The molecule has 0 bridgehead atoms. The first-order chi connectivity index (χ1) is 10.2. The molecule has 3 nitrogen and oxygen atoms in total. The predicted octanol–water partition coefficient (Wildman–Crippen LogP) is 2.95. The van der Waals surface area contributed by atoms with Crippen molar-refractivity contribution in [2.45, 2.75) is 44.9 Å². The highest BCUT2D eigenvalue weighted by Crippen LogP contribution is 2.30. The van der Waals surface area contributed by atoms with Gasteiger partial charge in [0.05, 0.1) is 0 Å². The highest BCUT2D eigenvalue weighted by molar-refractivity contribution is 5.97. The summed E-state index contributed by atoms with van der Waals surface area (Å²) in [5, 5.41) is 8.79. The molecule has 3 heteroatoms. The van der Waals surface area contributed by atoms with Crippen LogP contribution in [0.2, 0.25) is 0 Å². The highest BCUT2D eigenvalue weighted by Gasteiger charge is 2.26. The minimum absolute atomic E-state index is 0.188. The van der Waals surface area contributed by atoms with Crippen molar-refractivity contribution in [3.05, 3.63) is 35.4 Å². The van der Waals surface area contributed by atoms with Gasteiger partial charge in [-0.15, -0.1) is 0 Å². The molecular formula is C18H27NO2. The van der Waals surface area contributed by atoms with E-state index in [1.54, 1.807) is 0 Å². The zero-order valence-electron chi connectivity index (χ0n) is 12.8. The SMILES string of the molecule is NCC1CCC(C(=O)c2ccc(CCCCO)cc2)CC1. The molecule has 1 fully saturated rings. The smallest absolute Gasteiger partial charge is 0.165 e. The summed E-state index contributed by atoms with van der Waals surface area (Å²) in [6, 6.07) is 8.03. The molecule has 21 heavy (non-hydrogen) atoms. The number of carbonyl (C=O) groups excluding carboxylic acids is 1. The van der Waals surface area contributed by atoms with Crippen molar-refractivity contribution in [1.82, 2.24) is 0 Å². The Hall–Kier alpha value is -1.19. The number of ketones is 1. The second-order valence-corrected chi connectivity index (χ2v) is 6.20. The first-order valence-electron chi connectivity index (χ1n) is 8.18. The van der Waals surface area contributed by atoms with Gasteiger partial charge in [0, 0.05) is 18.1 Å². The summed E-state index contributed by atoms with van der Waals surface area (Å²) in [6.45, 7) is 1.01. The monoisotopic (exact) mass is 289 g/mol. The Morgan fingerprint density at radius 1 is 1.10 bits per heavy atom. The summed E-state index contributed by atoms with van der Waals surface area (Å²) in [5.41, 5.74) is 7.79. The number of aliphatic hydroxyl groups is 1. The second-order valence-electron chi connectivity index (χ2n) is 6.20. The fraction of sp³-hybridized carbons (Fsp3) is 0.611. The Balaban J connectivity index is 1.88. The number of benzene rings is 1. The predicted molar refractivity (Wildman–Crippen MR) is 85.3 cm³/mol. The van der Waals surface area contributed by atoms with Gasteiger partial charge in [-0.1, -0.05) is 24.3 Å². The lowest BCUT2D eigenvalue weighted by molar-refractivity contribution is 0.0873. The molecule has 1 saturated carbocycles. The van der Waals surface area contributed by atoms with Gasteiger partial charge in [0.2, 0.25) is 0 Å². The average molecular weight is 289 g/mol. The number of hydrogen-bond donors (Lipinski definition) is 2. The molecule has 1 aliphatic carbocycles. The molecule has 0 spiro atoms. The average Bonchev–Trinajstić information content (AvgIpc) is 2.55. The number of carbonyl (C=O) groups is 1. The number of aliphatic hydroxyl groups excluding tert-OH is 1. The zero-order valence-corrected chi connectivity index (χ0v) is 12.8. The van der Waals surface area contributed by atoms with Crippen LogP contribution in [0.15, 0.2) is 24.3 Å². The number of Topliss-reactive ketones (excluding diaryl/α,β-unsaturated/α-hetero) is 1. The Morgan fingerprint density at radius 3 is 2.33 bits per heavy atom. The topological polar surface area (TPSA) is 63.3 Å². The first kappa shape index (κ1) is 16.2. The summed E-state index contributed by atoms with van der Waals surface area (Å²) in [4.78, 5) is 12.5. The standard InChI is InChI=1S/C18H27NO2/c19-13-15-6-10-17(11-7-15)18(21)16-8-4-14(5-9-16)3-1-2-12-20/h4-5,8-9,15,17,20H,1-3,6-7,10-13,19H2. The van der Waals surface area contributed by atoms with Crippen LogP contribution in [0.5, 0.6) is 0 Å². The van der Waals surface area contributed by atoms with Gasteiger partial charge in [-0.3, -0.25) is 4.79 Å². The molecule has 0 amide bonds. The van der Waals surface area contributed by atoms with E-state index in [0.29, 0.717) is 11.7 Å². The summed E-state index contributed by atoms with van der Waals surface area (Å²) < 4.78 is 0. The van der Waals surface area contributed by atoms with Crippen LogP contribution in [0.3, 0.4) is 0 Å². The molecule has 1 aromatic rings. The summed E-state index contributed by atoms with van der Waals surface area (Å²) in [6.07, 6.45) is 6.95. The van der Waals surface area contributed by atoms with Gasteiger partial charge in [0.1, 0.15) is 0 Å². The van der Waals surface area contributed by atoms with Crippen LogP contribution in [-0.2, 0) is 6.42 Å². The van der Waals surface area contributed by atoms with Crippen LogP contribution < -0.4 is 5.73 Å². The number of hydrogen-bond acceptors (Lipinski definition) is 3. The molecule has 0 heterocycles. The minimum Gasteiger partial charge on any atom is -0.396 e. The number of aryl methyl sites for hydroxylation is 1. The Morgan fingerprint density at radius 2 is 1.76 bits per heavy atom. The molecule has 0 unspecified atom stereocenters. The van der Waals surface area contributed by atoms with Gasteiger partial charge < -0.3 is 10.8 Å². The number of unbranched alkanes of at least 4 members (excludes halogenated alkanes) is 1. The molecule has 0 saturated heterocycles. The molecule has 116 valence electrons. The lowest BCUT2D eigenvalue weighted by atomic mass is 9.78. The second kappa shape index (κ2) is 8.30. The molecular weight excluding hydrogens is 262 g/mol. The van der Waals surface area contributed by atoms with Crippen molar-refractivity contribution >= 4 is 5.78 Å². The lowest BCUT2D eigenvalue weighted by Gasteiger charge is -2.26. The van der Waals surface area contributed by atoms with Gasteiger partial charge in [0.15, 0.2) is 5.78 Å². The van der Waals surface area contributed by atoms with Gasteiger partial charge in [-0.05, 0) is 63.0 Å². The molecule has 0 aliphatic heterocycles. The maximum atomic E-state index is 12.5. The van der Waals surface area contributed by atoms with Crippen LogP contribution in [0.1, 0.15) is 54.4 Å². The maximum absolute atomic E-state index is 12.5. The van der Waals surface area contributed by atoms with Crippen molar-refractivity contribution in [3.63, 3.8) is 0 Å². The van der Waals surface area contributed by atoms with E-state index in [1.165, 1.54) is 5.56 Å². The Labute approximate surface area is 127 Å². The normalized spacial score (nSPS) is 22.2. The molecule has 0 radical (unpaired) electrons. The Bertz CT molecular complexity index is 433. The quantitative estimate of drug-likeness (QED) is 0.599. The van der Waals surface area contributed by atoms with E-state index in [-0.39, 0.29) is 12.5 Å². The molecule has 3 N–H and O–H groups in total. The van der Waals surface area contributed by atoms with Crippen molar-refractivity contribution in [2.75, 3.05) is 13.2 Å². The fourth-order valence-corrected chi connectivity index (χ4v) is 3.17. The number of nitrogens with two attached hydrogens (primary N) is 1. The van der Waals surface area contributed by atoms with Crippen LogP contribution in [0.25, 0.3) is 0 Å². The van der Waals surface area contributed by atoms with Crippen molar-refractivity contribution in [1.29, 1.82) is 0 Å². The van der Waals surface area contributed by atoms with Gasteiger partial charge in [0.25, 0.3) is 0 Å². The first-order valence-corrected chi connectivity index (χ1v) is 8.18. The van der Waals surface area contributed by atoms with Crippen molar-refractivity contribution < 1.29 is 9.90 Å². The Kier molecular flexibility index (Phi) is 6.40. The molecule has 1 aromatic carbocycles. The zero-order chi connectivity index (χ0) is 15.1. The van der Waals surface area contributed by atoms with Crippen LogP contribution in [0.4, 0.5) is 0 Å². The van der Waals surface area contributed by atoms with E-state index in [2.05, 4.69) is 12.1 Å². The molecule has 1 aliphatic rings. The van der Waals surface area contributed by atoms with E-state index in [0.717, 1.165) is 57.1 Å². The van der Waals surface area contributed by atoms with E-state index in [4.69, 9.17) is 10.8 Å². The van der Waals surface area contributed by atoms with Crippen molar-refractivity contribution in [2.24, 2.45) is 17.6 Å². The molecule has 0 aromatic heterocycles. The van der Waals surface area contributed by atoms with E-state index >= 15 is 0 Å². The summed E-state index contributed by atoms with van der Waals surface area (Å²) in [7, 11) is 0. The van der Waals surface area contributed by atoms with E-state index in [1.807, 2.05) is 12.1 Å². The highest BCUT2D eigenvalue weighted by atomic mass is 16.2. The maximum Gasteiger partial charge on any atom is 0.165 e. The van der Waals surface area contributed by atoms with E-state index in [9.17, 15) is 4.79 Å². The minimum atomic E-state index is 0.188. The number of rotatable bonds is 7. The van der Waals surface area contributed by atoms with Crippen molar-refractivity contribution in [3.8, 4) is 0 Å². The van der Waals surface area contributed by atoms with Crippen LogP contribution in [0, 0.1) is 11.8 Å². The molecule has 0 atom stereocenters. The lowest BCUT2D eigenvalue weighted by Crippen LogP contribution is -2.25. The van der Waals surface area contributed by atoms with Gasteiger partial charge in [-0.2, -0.15) is 0 Å². The largest absolute Gasteiger partial charge is 0.396 e. The fourth-order valence-electron chi connectivity index (χ4n) is 3.17. The van der Waals surface area contributed by atoms with E-state index < -0.39 is 0 Å². The summed E-state index contributed by atoms with van der Waals surface area (Å²) >= 11 is 0. The third-order valence-electron chi connectivity index (χ3n) is 4.66. The van der Waals surface area contributed by atoms with Gasteiger partial charge >= 0.3 is 0 Å². The summed E-state index contributed by atoms with van der Waals surface area (Å²) in [5.74, 6) is 1.10. The van der Waals surface area contributed by atoms with Crippen LogP contribution in [-0.4, -0.2) is 24.0 Å². The van der Waals surface area contributed by atoms with Gasteiger partial charge in [-0.25, -0.2) is 0 Å².